The summed E-state index contributed by atoms with van der Waals surface area (Å²) in [7, 11) is 0. The summed E-state index contributed by atoms with van der Waals surface area (Å²) in [5.74, 6) is -0.302. The molecule has 0 spiro atoms. The topological polar surface area (TPSA) is 80.0 Å². The highest BCUT2D eigenvalue weighted by atomic mass is 16.4. The van der Waals surface area contributed by atoms with Gasteiger partial charge in [0.05, 0.1) is 22.6 Å². The second-order valence-electron chi connectivity index (χ2n) is 7.48. The first-order valence-corrected chi connectivity index (χ1v) is 10.2. The maximum absolute atomic E-state index is 11.7. The highest BCUT2D eigenvalue weighted by molar-refractivity contribution is 5.95. The van der Waals surface area contributed by atoms with Crippen molar-refractivity contribution in [2.75, 3.05) is 5.32 Å². The second kappa shape index (κ2) is 8.44. The number of hydrogen-bond donors (Lipinski definition) is 2. The second-order valence-corrected chi connectivity index (χ2v) is 7.48. The van der Waals surface area contributed by atoms with E-state index in [0.717, 1.165) is 34.5 Å². The third-order valence-corrected chi connectivity index (χ3v) is 5.26. The van der Waals surface area contributed by atoms with Gasteiger partial charge in [0.25, 0.3) is 0 Å². The number of hydrogen-bond acceptors (Lipinski definition) is 4. The third-order valence-electron chi connectivity index (χ3n) is 5.26. The Morgan fingerprint density at radius 2 is 1.77 bits per heavy atom. The fourth-order valence-corrected chi connectivity index (χ4v) is 3.68. The summed E-state index contributed by atoms with van der Waals surface area (Å²) >= 11 is 0. The number of carboxylic acids is 1. The summed E-state index contributed by atoms with van der Waals surface area (Å²) in [5, 5.41) is 17.8. The minimum absolute atomic E-state index is 0.202. The largest absolute Gasteiger partial charge is 0.478 e. The van der Waals surface area contributed by atoms with Crippen molar-refractivity contribution in [3.8, 4) is 16.9 Å². The first-order chi connectivity index (χ1) is 15.0. The van der Waals surface area contributed by atoms with Gasteiger partial charge in [-0.15, -0.1) is 0 Å². The maximum Gasteiger partial charge on any atom is 0.337 e. The van der Waals surface area contributed by atoms with Gasteiger partial charge in [-0.3, -0.25) is 4.98 Å². The maximum atomic E-state index is 11.7. The van der Waals surface area contributed by atoms with Crippen LogP contribution in [0.1, 0.15) is 34.0 Å². The van der Waals surface area contributed by atoms with Crippen molar-refractivity contribution in [3.05, 3.63) is 89.2 Å². The predicted octanol–water partition coefficient (Wildman–Crippen LogP) is 5.56. The van der Waals surface area contributed by atoms with Crippen LogP contribution in [0.4, 0.5) is 11.5 Å². The Morgan fingerprint density at radius 1 is 1.03 bits per heavy atom. The number of aromatic nitrogens is 3. The minimum Gasteiger partial charge on any atom is -0.478 e. The van der Waals surface area contributed by atoms with Crippen LogP contribution < -0.4 is 5.32 Å². The van der Waals surface area contributed by atoms with E-state index in [1.165, 1.54) is 5.56 Å². The summed E-state index contributed by atoms with van der Waals surface area (Å²) in [5.41, 5.74) is 6.64. The predicted molar refractivity (Wildman–Crippen MR) is 122 cm³/mol. The monoisotopic (exact) mass is 412 g/mol. The molecule has 156 valence electrons. The zero-order valence-electron chi connectivity index (χ0n) is 17.8. The van der Waals surface area contributed by atoms with Crippen molar-refractivity contribution in [2.45, 2.75) is 27.2 Å². The molecule has 0 aliphatic rings. The molecule has 6 heteroatoms. The van der Waals surface area contributed by atoms with Crippen LogP contribution in [-0.2, 0) is 6.42 Å². The molecule has 0 saturated carbocycles. The average Bonchev–Trinajstić information content (AvgIpc) is 3.17. The molecule has 0 fully saturated rings. The van der Waals surface area contributed by atoms with E-state index < -0.39 is 5.97 Å². The van der Waals surface area contributed by atoms with Gasteiger partial charge in [-0.25, -0.2) is 9.48 Å². The smallest absolute Gasteiger partial charge is 0.337 e. The normalized spacial score (nSPS) is 10.8. The molecule has 2 aromatic heterocycles. The molecule has 0 unspecified atom stereocenters. The molecule has 4 rings (SSSR count). The molecule has 2 N–H and O–H groups in total. The van der Waals surface area contributed by atoms with Crippen molar-refractivity contribution < 1.29 is 9.90 Å². The molecule has 0 amide bonds. The lowest BCUT2D eigenvalue weighted by Crippen LogP contribution is -2.09. The number of benzene rings is 2. The molecule has 0 aliphatic heterocycles. The van der Waals surface area contributed by atoms with E-state index in [9.17, 15) is 9.90 Å². The third kappa shape index (κ3) is 4.05. The summed E-state index contributed by atoms with van der Waals surface area (Å²) in [4.78, 5) is 16.0. The molecular weight excluding hydrogens is 388 g/mol. The van der Waals surface area contributed by atoms with Crippen molar-refractivity contribution in [2.24, 2.45) is 0 Å². The van der Waals surface area contributed by atoms with Gasteiger partial charge >= 0.3 is 5.97 Å². The molecule has 4 aromatic rings. The van der Waals surface area contributed by atoms with Gasteiger partial charge < -0.3 is 10.4 Å². The molecule has 0 atom stereocenters. The first-order valence-electron chi connectivity index (χ1n) is 10.2. The highest BCUT2D eigenvalue weighted by Crippen LogP contribution is 2.31. The summed E-state index contributed by atoms with van der Waals surface area (Å²) < 4.78 is 1.83. The Hall–Kier alpha value is -3.93. The van der Waals surface area contributed by atoms with Crippen LogP contribution in [-0.4, -0.2) is 25.8 Å². The number of carbonyl (C=O) groups is 1. The molecule has 31 heavy (non-hydrogen) atoms. The Labute approximate surface area is 181 Å². The minimum atomic E-state index is -0.985. The number of nitrogens with zero attached hydrogens (tertiary/aromatic N) is 3. The van der Waals surface area contributed by atoms with Crippen molar-refractivity contribution in [3.63, 3.8) is 0 Å². The molecule has 0 saturated heterocycles. The number of pyridine rings is 1. The van der Waals surface area contributed by atoms with Gasteiger partial charge in [0.1, 0.15) is 5.82 Å². The summed E-state index contributed by atoms with van der Waals surface area (Å²) in [6.07, 6.45) is 4.54. The molecular formula is C25H24N4O2. The van der Waals surface area contributed by atoms with E-state index in [0.29, 0.717) is 11.5 Å². The lowest BCUT2D eigenvalue weighted by molar-refractivity contribution is 0.0698. The van der Waals surface area contributed by atoms with Crippen molar-refractivity contribution >= 4 is 17.5 Å². The standard InChI is InChI=1S/C25H24N4O2/c1-4-18-8-7-9-19(12-18)22-13-23(27-21-11-6-5-10-20(21)25(30)31)29(28-22)24-16(2)14-26-15-17(24)3/h5-15,27H,4H2,1-3H3,(H,30,31). The molecule has 0 bridgehead atoms. The highest BCUT2D eigenvalue weighted by Gasteiger charge is 2.17. The van der Waals surface area contributed by atoms with Crippen molar-refractivity contribution in [1.29, 1.82) is 0 Å². The Kier molecular flexibility index (Phi) is 5.54. The number of rotatable bonds is 6. The van der Waals surface area contributed by atoms with Crippen molar-refractivity contribution in [1.82, 2.24) is 14.8 Å². The van der Waals surface area contributed by atoms with Gasteiger partial charge in [-0.05, 0) is 55.2 Å². The number of para-hydroxylation sites is 1. The Bertz CT molecular complexity index is 1240. The summed E-state index contributed by atoms with van der Waals surface area (Å²) in [6, 6.07) is 17.1. The van der Waals surface area contributed by atoms with Gasteiger partial charge in [0.15, 0.2) is 0 Å². The number of nitrogens with one attached hydrogen (secondary N) is 1. The average molecular weight is 412 g/mol. The lowest BCUT2D eigenvalue weighted by atomic mass is 10.1. The Balaban J connectivity index is 1.89. The summed E-state index contributed by atoms with van der Waals surface area (Å²) in [6.45, 7) is 6.10. The van der Waals surface area contributed by atoms with Crippen LogP contribution in [0.3, 0.4) is 0 Å². The van der Waals surface area contributed by atoms with E-state index >= 15 is 0 Å². The van der Waals surface area contributed by atoms with Gasteiger partial charge in [0.2, 0.25) is 0 Å². The van der Waals surface area contributed by atoms with E-state index in [1.54, 1.807) is 30.6 Å². The number of carboxylic acid groups (broad SMARTS) is 1. The molecule has 0 radical (unpaired) electrons. The zero-order chi connectivity index (χ0) is 22.0. The van der Waals surface area contributed by atoms with Gasteiger partial charge in [0, 0.05) is 24.0 Å². The fraction of sp³-hybridized carbons (Fsp3) is 0.160. The van der Waals surface area contributed by atoms with Crippen LogP contribution >= 0.6 is 0 Å². The van der Waals surface area contributed by atoms with E-state index in [2.05, 4.69) is 29.4 Å². The van der Waals surface area contributed by atoms with E-state index in [1.807, 2.05) is 42.8 Å². The molecule has 6 nitrogen and oxygen atoms in total. The first kappa shape index (κ1) is 20.3. The van der Waals surface area contributed by atoms with Crippen LogP contribution in [0.5, 0.6) is 0 Å². The van der Waals surface area contributed by atoms with Crippen LogP contribution in [0, 0.1) is 13.8 Å². The molecule has 2 aromatic carbocycles. The van der Waals surface area contributed by atoms with Crippen LogP contribution in [0.15, 0.2) is 67.0 Å². The quantitative estimate of drug-likeness (QED) is 0.434. The lowest BCUT2D eigenvalue weighted by Gasteiger charge is -2.14. The fourth-order valence-electron chi connectivity index (χ4n) is 3.68. The number of aromatic carboxylic acids is 1. The van der Waals surface area contributed by atoms with Gasteiger partial charge in [-0.1, -0.05) is 37.3 Å². The van der Waals surface area contributed by atoms with E-state index in [-0.39, 0.29) is 5.56 Å². The zero-order valence-corrected chi connectivity index (χ0v) is 17.8. The van der Waals surface area contributed by atoms with Gasteiger partial charge in [-0.2, -0.15) is 5.10 Å². The van der Waals surface area contributed by atoms with E-state index in [4.69, 9.17) is 5.10 Å². The molecule has 0 aliphatic carbocycles. The number of anilines is 2. The molecule has 2 heterocycles. The SMILES string of the molecule is CCc1cccc(-c2cc(Nc3ccccc3C(=O)O)n(-c3c(C)cncc3C)n2)c1. The Morgan fingerprint density at radius 3 is 2.48 bits per heavy atom. The number of aryl methyl sites for hydroxylation is 3. The van der Waals surface area contributed by atoms with Crippen LogP contribution in [0.25, 0.3) is 16.9 Å². The van der Waals surface area contributed by atoms with Crippen LogP contribution in [0.2, 0.25) is 0 Å².